The summed E-state index contributed by atoms with van der Waals surface area (Å²) in [6.45, 7) is 8.49. The molecule has 0 spiro atoms. The third kappa shape index (κ3) is 2.53. The van der Waals surface area contributed by atoms with Crippen LogP contribution in [0.2, 0.25) is 0 Å². The lowest BCUT2D eigenvalue weighted by Crippen LogP contribution is -2.05. The van der Waals surface area contributed by atoms with Crippen molar-refractivity contribution in [2.75, 3.05) is 0 Å². The van der Waals surface area contributed by atoms with Gasteiger partial charge in [-0.25, -0.2) is 0 Å². The van der Waals surface area contributed by atoms with E-state index in [0.717, 1.165) is 37.1 Å². The molecule has 0 aliphatic carbocycles. The highest BCUT2D eigenvalue weighted by molar-refractivity contribution is 5.19. The predicted octanol–water partition coefficient (Wildman–Crippen LogP) is 3.00. The molecule has 0 aliphatic heterocycles. The maximum atomic E-state index is 4.62. The molecule has 0 saturated carbocycles. The quantitative estimate of drug-likeness (QED) is 0.733. The average molecular weight is 192 g/mol. The monoisotopic (exact) mass is 192 g/mol. The van der Waals surface area contributed by atoms with E-state index in [1.807, 2.05) is 0 Å². The van der Waals surface area contributed by atoms with Gasteiger partial charge in [0.25, 0.3) is 0 Å². The molecule has 1 aromatic rings. The van der Waals surface area contributed by atoms with Gasteiger partial charge in [0.15, 0.2) is 0 Å². The van der Waals surface area contributed by atoms with Crippen LogP contribution in [0.15, 0.2) is 0 Å². The number of aryl methyl sites for hydroxylation is 4. The molecule has 78 valence electrons. The van der Waals surface area contributed by atoms with Crippen molar-refractivity contribution >= 4 is 0 Å². The Balaban J connectivity index is 2.97. The third-order valence-electron chi connectivity index (χ3n) is 2.41. The Morgan fingerprint density at radius 3 is 1.43 bits per heavy atom. The number of nitrogens with zero attached hydrogens (tertiary/aromatic N) is 2. The number of aromatic nitrogens is 2. The molecule has 1 rings (SSSR count). The molecule has 0 atom stereocenters. The van der Waals surface area contributed by atoms with Crippen molar-refractivity contribution in [3.63, 3.8) is 0 Å². The van der Waals surface area contributed by atoms with Crippen molar-refractivity contribution in [2.45, 2.75) is 53.4 Å². The third-order valence-corrected chi connectivity index (χ3v) is 2.41. The van der Waals surface area contributed by atoms with Crippen LogP contribution in [0.4, 0.5) is 0 Å². The molecule has 2 heteroatoms. The first-order chi connectivity index (χ1) is 6.69. The van der Waals surface area contributed by atoms with Crippen LogP contribution < -0.4 is 0 Å². The van der Waals surface area contributed by atoms with E-state index in [0.29, 0.717) is 0 Å². The predicted molar refractivity (Wildman–Crippen MR) is 59.5 cm³/mol. The van der Waals surface area contributed by atoms with Crippen LogP contribution in [0, 0.1) is 13.8 Å². The van der Waals surface area contributed by atoms with Crippen LogP contribution in [-0.4, -0.2) is 9.97 Å². The molecule has 1 aromatic heterocycles. The lowest BCUT2D eigenvalue weighted by molar-refractivity contribution is 0.793. The second-order valence-corrected chi connectivity index (χ2v) is 3.79. The highest BCUT2D eigenvalue weighted by Crippen LogP contribution is 2.11. The summed E-state index contributed by atoms with van der Waals surface area (Å²) in [5.74, 6) is 0. The molecule has 0 bridgehead atoms. The zero-order valence-corrected chi connectivity index (χ0v) is 9.72. The summed E-state index contributed by atoms with van der Waals surface area (Å²) in [4.78, 5) is 9.24. The summed E-state index contributed by atoms with van der Waals surface area (Å²) in [5.41, 5.74) is 4.57. The molecule has 14 heavy (non-hydrogen) atoms. The first-order valence-electron chi connectivity index (χ1n) is 5.52. The van der Waals surface area contributed by atoms with Crippen molar-refractivity contribution in [1.82, 2.24) is 9.97 Å². The van der Waals surface area contributed by atoms with Crippen molar-refractivity contribution in [1.29, 1.82) is 0 Å². The average Bonchev–Trinajstić information content (AvgIpc) is 2.14. The molecule has 0 N–H and O–H groups in total. The highest BCUT2D eigenvalue weighted by Gasteiger charge is 2.06. The Morgan fingerprint density at radius 1 is 0.786 bits per heavy atom. The molecule has 0 aromatic carbocycles. The molecule has 0 fully saturated rings. The molecule has 0 amide bonds. The summed E-state index contributed by atoms with van der Waals surface area (Å²) >= 11 is 0. The Bertz CT molecular complexity index is 274. The Hall–Kier alpha value is -0.920. The lowest BCUT2D eigenvalue weighted by atomic mass is 10.1. The van der Waals surface area contributed by atoms with E-state index in [1.54, 1.807) is 0 Å². The van der Waals surface area contributed by atoms with Gasteiger partial charge in [-0.2, -0.15) is 0 Å². The second kappa shape index (κ2) is 5.08. The largest absolute Gasteiger partial charge is 0.254 e. The first kappa shape index (κ1) is 11.2. The topological polar surface area (TPSA) is 25.8 Å². The SMILES string of the molecule is CCCc1nc(C)c(CCC)nc1C. The molecular weight excluding hydrogens is 172 g/mol. The number of hydrogen-bond donors (Lipinski definition) is 0. The minimum absolute atomic E-state index is 1.05. The first-order valence-corrected chi connectivity index (χ1v) is 5.52. The fourth-order valence-electron chi connectivity index (χ4n) is 1.64. The van der Waals surface area contributed by atoms with Gasteiger partial charge in [0, 0.05) is 0 Å². The van der Waals surface area contributed by atoms with Gasteiger partial charge in [-0.15, -0.1) is 0 Å². The lowest BCUT2D eigenvalue weighted by Gasteiger charge is -2.08. The van der Waals surface area contributed by atoms with Crippen LogP contribution >= 0.6 is 0 Å². The normalized spacial score (nSPS) is 10.6. The summed E-state index contributed by atoms with van der Waals surface area (Å²) in [5, 5.41) is 0. The van der Waals surface area contributed by atoms with Gasteiger partial charge in [-0.1, -0.05) is 26.7 Å². The molecule has 0 radical (unpaired) electrons. The zero-order valence-electron chi connectivity index (χ0n) is 9.72. The van der Waals surface area contributed by atoms with Crippen molar-refractivity contribution < 1.29 is 0 Å². The maximum Gasteiger partial charge on any atom is 0.0619 e. The van der Waals surface area contributed by atoms with E-state index in [1.165, 1.54) is 11.4 Å². The molecule has 1 heterocycles. The summed E-state index contributed by atoms with van der Waals surface area (Å²) in [7, 11) is 0. The fourth-order valence-corrected chi connectivity index (χ4v) is 1.64. The van der Waals surface area contributed by atoms with Crippen molar-refractivity contribution in [3.8, 4) is 0 Å². The van der Waals surface area contributed by atoms with Gasteiger partial charge in [-0.3, -0.25) is 9.97 Å². The van der Waals surface area contributed by atoms with Gasteiger partial charge in [-0.05, 0) is 26.7 Å². The van der Waals surface area contributed by atoms with E-state index in [4.69, 9.17) is 0 Å². The Morgan fingerprint density at radius 2 is 1.14 bits per heavy atom. The standard InChI is InChI=1S/C12H20N2/c1-5-7-11-9(3)14-12(8-6-2)10(4)13-11/h5-8H2,1-4H3. The molecule has 2 nitrogen and oxygen atoms in total. The van der Waals surface area contributed by atoms with Gasteiger partial charge in [0.05, 0.1) is 22.8 Å². The zero-order chi connectivity index (χ0) is 10.6. The van der Waals surface area contributed by atoms with Crippen molar-refractivity contribution in [3.05, 3.63) is 22.8 Å². The van der Waals surface area contributed by atoms with E-state index >= 15 is 0 Å². The van der Waals surface area contributed by atoms with E-state index in [2.05, 4.69) is 37.7 Å². The van der Waals surface area contributed by atoms with Crippen LogP contribution in [-0.2, 0) is 12.8 Å². The second-order valence-electron chi connectivity index (χ2n) is 3.79. The summed E-state index contributed by atoms with van der Waals surface area (Å²) in [6.07, 6.45) is 4.38. The highest BCUT2D eigenvalue weighted by atomic mass is 14.8. The van der Waals surface area contributed by atoms with Crippen molar-refractivity contribution in [2.24, 2.45) is 0 Å². The van der Waals surface area contributed by atoms with E-state index < -0.39 is 0 Å². The number of hydrogen-bond acceptors (Lipinski definition) is 2. The van der Waals surface area contributed by atoms with E-state index in [-0.39, 0.29) is 0 Å². The Labute approximate surface area is 86.8 Å². The fraction of sp³-hybridized carbons (Fsp3) is 0.667. The molecular formula is C12H20N2. The minimum atomic E-state index is 1.05. The van der Waals surface area contributed by atoms with Gasteiger partial charge >= 0.3 is 0 Å². The van der Waals surface area contributed by atoms with Gasteiger partial charge < -0.3 is 0 Å². The van der Waals surface area contributed by atoms with Gasteiger partial charge in [0.1, 0.15) is 0 Å². The minimum Gasteiger partial charge on any atom is -0.254 e. The maximum absolute atomic E-state index is 4.62. The van der Waals surface area contributed by atoms with E-state index in [9.17, 15) is 0 Å². The summed E-state index contributed by atoms with van der Waals surface area (Å²) < 4.78 is 0. The van der Waals surface area contributed by atoms with Gasteiger partial charge in [0.2, 0.25) is 0 Å². The number of rotatable bonds is 4. The Kier molecular flexibility index (Phi) is 4.05. The van der Waals surface area contributed by atoms with Crippen LogP contribution in [0.3, 0.4) is 0 Å². The van der Waals surface area contributed by atoms with Crippen LogP contribution in [0.5, 0.6) is 0 Å². The van der Waals surface area contributed by atoms with Crippen LogP contribution in [0.25, 0.3) is 0 Å². The molecule has 0 unspecified atom stereocenters. The summed E-state index contributed by atoms with van der Waals surface area (Å²) in [6, 6.07) is 0. The molecule has 0 saturated heterocycles. The van der Waals surface area contributed by atoms with Crippen LogP contribution in [0.1, 0.15) is 49.5 Å². The molecule has 0 aliphatic rings. The smallest absolute Gasteiger partial charge is 0.0619 e.